The highest BCUT2D eigenvalue weighted by molar-refractivity contribution is 6.18. The number of ether oxygens (including phenoxy) is 2. The molecular formula is C42H62BN4O6. The van der Waals surface area contributed by atoms with E-state index in [1.54, 1.807) is 0 Å². The number of benzene rings is 2. The Morgan fingerprint density at radius 1 is 0.604 bits per heavy atom. The minimum atomic E-state index is -0.613. The summed E-state index contributed by atoms with van der Waals surface area (Å²) < 4.78 is 23.5. The van der Waals surface area contributed by atoms with Crippen LogP contribution in [0.4, 0.5) is 0 Å². The van der Waals surface area contributed by atoms with Crippen molar-refractivity contribution in [3.8, 4) is 0 Å². The first-order chi connectivity index (χ1) is 25.7. The number of amides is 2. The van der Waals surface area contributed by atoms with E-state index in [-0.39, 0.29) is 46.7 Å². The van der Waals surface area contributed by atoms with E-state index in [0.29, 0.717) is 38.8 Å². The summed E-state index contributed by atoms with van der Waals surface area (Å²) in [6.45, 7) is 0.938. The lowest BCUT2D eigenvalue weighted by Gasteiger charge is -2.53. The number of methoxy groups -OCH3 is 2. The molecule has 2 unspecified atom stereocenters. The van der Waals surface area contributed by atoms with Gasteiger partial charge in [-0.2, -0.15) is 0 Å². The van der Waals surface area contributed by atoms with Crippen LogP contribution in [0.25, 0.3) is 0 Å². The molecule has 0 spiro atoms. The molecule has 53 heavy (non-hydrogen) atoms. The summed E-state index contributed by atoms with van der Waals surface area (Å²) in [7, 11) is 4.94. The number of nitrogens with two attached hydrogens (primary N) is 2. The Morgan fingerprint density at radius 3 is 1.25 bits per heavy atom. The molecule has 0 aliphatic heterocycles. The minimum Gasteiger partial charge on any atom is -0.393 e. The average Bonchev–Trinajstić information content (AvgIpc) is 3.20. The van der Waals surface area contributed by atoms with E-state index in [1.165, 1.54) is 18.8 Å². The fourth-order valence-corrected chi connectivity index (χ4v) is 9.69. The molecule has 6 aliphatic rings. The molecule has 2 amide bonds. The summed E-state index contributed by atoms with van der Waals surface area (Å²) in [6.07, 6.45) is 15.3. The molecule has 0 heterocycles. The number of carbonyl (C=O) groups is 2. The van der Waals surface area contributed by atoms with E-state index < -0.39 is 12.5 Å². The minimum absolute atomic E-state index is 0.0843. The number of hydrogen-bond acceptors (Lipinski definition) is 8. The van der Waals surface area contributed by atoms with E-state index in [1.807, 2.05) is 14.2 Å². The average molecular weight is 730 g/mol. The summed E-state index contributed by atoms with van der Waals surface area (Å²) in [5.74, 6) is -0.277. The highest BCUT2D eigenvalue weighted by Crippen LogP contribution is 2.56. The summed E-state index contributed by atoms with van der Waals surface area (Å²) in [4.78, 5) is 26.3. The normalized spacial score (nSPS) is 28.7. The zero-order chi connectivity index (χ0) is 37.4. The molecule has 11 heteroatoms. The molecule has 0 saturated heterocycles. The van der Waals surface area contributed by atoms with Crippen LogP contribution >= 0.6 is 0 Å². The molecule has 4 bridgehead atoms. The van der Waals surface area contributed by atoms with Gasteiger partial charge in [-0.05, 0) is 149 Å². The van der Waals surface area contributed by atoms with Gasteiger partial charge < -0.3 is 40.9 Å². The largest absolute Gasteiger partial charge is 0.491 e. The first-order valence-corrected chi connectivity index (χ1v) is 20.1. The predicted molar refractivity (Wildman–Crippen MR) is 207 cm³/mol. The number of hydrogen-bond donors (Lipinski definition) is 4. The van der Waals surface area contributed by atoms with Crippen molar-refractivity contribution in [2.75, 3.05) is 27.3 Å². The Morgan fingerprint density at radius 2 is 0.943 bits per heavy atom. The lowest BCUT2D eigenvalue weighted by Crippen LogP contribution is -2.49. The Kier molecular flexibility index (Phi) is 13.4. The van der Waals surface area contributed by atoms with Crippen LogP contribution in [0, 0.1) is 0 Å². The van der Waals surface area contributed by atoms with Gasteiger partial charge in [0.1, 0.15) is 12.5 Å². The molecule has 8 rings (SSSR count). The van der Waals surface area contributed by atoms with Crippen molar-refractivity contribution < 1.29 is 28.4 Å². The maximum Gasteiger partial charge on any atom is 0.491 e. The van der Waals surface area contributed by atoms with Gasteiger partial charge >= 0.3 is 7.69 Å². The van der Waals surface area contributed by atoms with Gasteiger partial charge in [-0.15, -0.1) is 0 Å². The van der Waals surface area contributed by atoms with Gasteiger partial charge in [0.15, 0.2) is 0 Å². The van der Waals surface area contributed by atoms with Gasteiger partial charge in [0, 0.05) is 14.2 Å². The maximum absolute atomic E-state index is 13.1. The Bertz CT molecular complexity index is 1340. The maximum atomic E-state index is 13.1. The van der Waals surface area contributed by atoms with Crippen molar-refractivity contribution >= 4 is 19.5 Å². The van der Waals surface area contributed by atoms with Crippen LogP contribution in [0.3, 0.4) is 0 Å². The number of carbonyl (C=O) groups excluding carboxylic acids is 2. The van der Waals surface area contributed by atoms with Crippen molar-refractivity contribution in [1.29, 1.82) is 0 Å². The topological polar surface area (TPSA) is 147 Å². The monoisotopic (exact) mass is 729 g/mol. The third-order valence-corrected chi connectivity index (χ3v) is 13.5. The van der Waals surface area contributed by atoms with Gasteiger partial charge in [-0.3, -0.25) is 9.59 Å². The molecule has 2 atom stereocenters. The van der Waals surface area contributed by atoms with Crippen LogP contribution in [-0.2, 0) is 52.0 Å². The van der Waals surface area contributed by atoms with Gasteiger partial charge in [-0.25, -0.2) is 0 Å². The van der Waals surface area contributed by atoms with Crippen LogP contribution in [0.15, 0.2) is 48.5 Å². The van der Waals surface area contributed by atoms with E-state index in [2.05, 4.69) is 59.2 Å². The molecule has 6 aliphatic carbocycles. The van der Waals surface area contributed by atoms with E-state index in [9.17, 15) is 9.59 Å². The second kappa shape index (κ2) is 17.8. The van der Waals surface area contributed by atoms with Crippen LogP contribution in [0.2, 0.25) is 0 Å². The Labute approximate surface area is 317 Å². The van der Waals surface area contributed by atoms with Crippen LogP contribution < -0.4 is 22.1 Å². The van der Waals surface area contributed by atoms with Gasteiger partial charge in [0.2, 0.25) is 11.8 Å². The third-order valence-electron chi connectivity index (χ3n) is 13.5. The summed E-state index contributed by atoms with van der Waals surface area (Å²) in [5.41, 5.74) is 16.9. The van der Waals surface area contributed by atoms with Gasteiger partial charge in [-0.1, -0.05) is 48.5 Å². The van der Waals surface area contributed by atoms with Crippen LogP contribution in [0.5, 0.6) is 0 Å². The lowest BCUT2D eigenvalue weighted by molar-refractivity contribution is -0.123. The third kappa shape index (κ3) is 9.54. The van der Waals surface area contributed by atoms with E-state index >= 15 is 0 Å². The molecule has 6 fully saturated rings. The Balaban J connectivity index is 0.960. The first-order valence-electron chi connectivity index (χ1n) is 20.1. The molecule has 2 aromatic rings. The predicted octanol–water partition coefficient (Wildman–Crippen LogP) is 5.38. The number of fused-ring (bicyclic) bond motifs is 6. The second-order valence-corrected chi connectivity index (χ2v) is 16.4. The van der Waals surface area contributed by atoms with Gasteiger partial charge in [0.25, 0.3) is 0 Å². The molecule has 0 aromatic heterocycles. The van der Waals surface area contributed by atoms with Crippen molar-refractivity contribution in [3.05, 3.63) is 70.8 Å². The van der Waals surface area contributed by atoms with Gasteiger partial charge in [0.05, 0.1) is 24.0 Å². The van der Waals surface area contributed by atoms with Crippen molar-refractivity contribution in [2.45, 2.75) is 150 Å². The summed E-state index contributed by atoms with van der Waals surface area (Å²) in [6, 6.07) is 17.2. The molecule has 6 saturated carbocycles. The van der Waals surface area contributed by atoms with Crippen molar-refractivity contribution in [2.24, 2.45) is 11.5 Å². The molecule has 289 valence electrons. The van der Waals surface area contributed by atoms with Crippen LogP contribution in [-0.4, -0.2) is 70.5 Å². The SMILES string of the molecule is COC12CCC(c3ccc(CC(=O)NC(CCCN)O[B]OC(CCCN)NC(=O)Cc4ccc(C56CCC(OC)(CC5)CC6)cc4)cc3)(CC1)CC2. The zero-order valence-corrected chi connectivity index (χ0v) is 32.1. The van der Waals surface area contributed by atoms with E-state index in [0.717, 1.165) is 88.2 Å². The highest BCUT2D eigenvalue weighted by Gasteiger charge is 2.50. The fraction of sp³-hybridized carbons (Fsp3) is 0.667. The van der Waals surface area contributed by atoms with E-state index in [4.69, 9.17) is 30.2 Å². The lowest BCUT2D eigenvalue weighted by atomic mass is 9.56. The second-order valence-electron chi connectivity index (χ2n) is 16.4. The summed E-state index contributed by atoms with van der Waals surface area (Å²) in [5, 5.41) is 5.98. The molecular weight excluding hydrogens is 667 g/mol. The number of nitrogens with one attached hydrogen (secondary N) is 2. The Hall–Kier alpha value is -2.80. The van der Waals surface area contributed by atoms with Crippen LogP contribution in [0.1, 0.15) is 125 Å². The molecule has 6 N–H and O–H groups in total. The zero-order valence-electron chi connectivity index (χ0n) is 32.1. The first kappa shape index (κ1) is 39.9. The van der Waals surface area contributed by atoms with Crippen molar-refractivity contribution in [3.63, 3.8) is 0 Å². The summed E-state index contributed by atoms with van der Waals surface area (Å²) >= 11 is 0. The molecule has 2 aromatic carbocycles. The van der Waals surface area contributed by atoms with Crippen molar-refractivity contribution in [1.82, 2.24) is 10.6 Å². The molecule has 10 nitrogen and oxygen atoms in total. The smallest absolute Gasteiger partial charge is 0.393 e. The highest BCUT2D eigenvalue weighted by atomic mass is 16.6. The molecule has 1 radical (unpaired) electrons. The number of rotatable bonds is 20. The quantitative estimate of drug-likeness (QED) is 0.105. The standard InChI is InChI=1S/C42H62BN4O6/c1-50-41-21-15-39(16-22-41,17-23-41)33-11-7-31(8-12-33)29-35(48)46-37(5-3-27-44)52-43-53-38(6-4-28-45)47-36(49)30-32-9-13-34(14-10-32)40-18-24-42(51-2,25-19-40)26-20-40/h7-14,37-38H,3-6,15-30,44-45H2,1-2H3,(H,46,48)(H,47,49). The fourth-order valence-electron chi connectivity index (χ4n) is 9.69.